The van der Waals surface area contributed by atoms with Gasteiger partial charge in [-0.2, -0.15) is 127 Å². The highest BCUT2D eigenvalue weighted by Crippen LogP contribution is 2.41. The van der Waals surface area contributed by atoms with Crippen LogP contribution in [0.25, 0.3) is 0 Å². The molecule has 0 saturated carbocycles. The summed E-state index contributed by atoms with van der Waals surface area (Å²) in [5, 5.41) is 0. The molecule has 0 aliphatic carbocycles. The average molecular weight is 957 g/mol. The van der Waals surface area contributed by atoms with Gasteiger partial charge in [-0.25, -0.2) is 0 Å². The van der Waals surface area contributed by atoms with Gasteiger partial charge in [0.1, 0.15) is 11.8 Å². The number of hydrogen-bond donors (Lipinski definition) is 1. The standard InChI is InChI=1S/C32H12BF24.C6H7N/c34-25(35,36)13-1-14(26(37,38)39)6-21(5-13)33(22-7-15(27(40,41)42)2-16(8-22)28(43,44)45,23-9-17(29(46,47)48)3-18(10-23)30(49,50)51)24-11-19(31(52,53)54)4-20(12-24)32(55,56)57;7-6-4-2-1-3-5-6/h1-12H;1-5H,7H2/q-1;/p+1. The van der Waals surface area contributed by atoms with Crippen LogP contribution >= 0.6 is 0 Å². The molecule has 5 aromatic rings. The smallest absolute Gasteiger partial charge is 0.325 e. The van der Waals surface area contributed by atoms with Crippen LogP contribution in [0.5, 0.6) is 0 Å². The van der Waals surface area contributed by atoms with Crippen molar-refractivity contribution in [3.8, 4) is 0 Å². The van der Waals surface area contributed by atoms with Crippen molar-refractivity contribution >= 4 is 33.7 Å². The molecule has 0 atom stereocenters. The number of rotatable bonds is 4. The van der Waals surface area contributed by atoms with Crippen molar-refractivity contribution in [2.24, 2.45) is 0 Å². The van der Waals surface area contributed by atoms with E-state index in [2.05, 4.69) is 5.73 Å². The second-order valence-corrected chi connectivity index (χ2v) is 13.7. The van der Waals surface area contributed by atoms with Gasteiger partial charge in [-0.15, -0.1) is 0 Å². The van der Waals surface area contributed by atoms with Crippen molar-refractivity contribution in [2.75, 3.05) is 0 Å². The Labute approximate surface area is 342 Å². The van der Waals surface area contributed by atoms with E-state index in [1.807, 2.05) is 30.3 Å². The molecule has 0 aliphatic heterocycles. The molecular formula is C38H20BF24N. The fraction of sp³-hybridized carbons (Fsp3) is 0.211. The lowest BCUT2D eigenvalue weighted by molar-refractivity contribution is -0.254. The zero-order valence-electron chi connectivity index (χ0n) is 30.7. The summed E-state index contributed by atoms with van der Waals surface area (Å²) < 4.78 is 341. The minimum Gasteiger partial charge on any atom is -0.325 e. The van der Waals surface area contributed by atoms with Gasteiger partial charge in [0.15, 0.2) is 0 Å². The van der Waals surface area contributed by atoms with Gasteiger partial charge in [-0.1, -0.05) is 66.7 Å². The van der Waals surface area contributed by atoms with Crippen LogP contribution in [0.3, 0.4) is 0 Å². The third kappa shape index (κ3) is 11.6. The molecular weight excluding hydrogens is 937 g/mol. The Morgan fingerprint density at radius 2 is 0.406 bits per heavy atom. The summed E-state index contributed by atoms with van der Waals surface area (Å²) in [6, 6.07) is 1.06. The number of quaternary nitrogens is 1. The SMILES string of the molecule is FC(F)(F)c1cc([B-](c2cc(C(F)(F)F)cc(C(F)(F)F)c2)(c2cc(C(F)(F)F)cc(C(F)(F)F)c2)c2cc(C(F)(F)F)cc(C(F)(F)F)c2)cc(C(F)(F)F)c1.[NH3+]c1ccccc1. The molecule has 0 spiro atoms. The van der Waals surface area contributed by atoms with Crippen LogP contribution in [0.4, 0.5) is 111 Å². The maximum Gasteiger partial charge on any atom is 0.416 e. The molecule has 64 heavy (non-hydrogen) atoms. The third-order valence-electron chi connectivity index (χ3n) is 9.28. The quantitative estimate of drug-likeness (QED) is 0.137. The Balaban J connectivity index is 0.00000117. The monoisotopic (exact) mass is 957 g/mol. The van der Waals surface area contributed by atoms with Crippen molar-refractivity contribution < 1.29 is 111 Å². The minimum absolute atomic E-state index is 0.691. The van der Waals surface area contributed by atoms with E-state index in [9.17, 15) is 105 Å². The van der Waals surface area contributed by atoms with E-state index in [-0.39, 0.29) is 0 Å². The van der Waals surface area contributed by atoms with Gasteiger partial charge in [0.05, 0.1) is 44.5 Å². The van der Waals surface area contributed by atoms with E-state index >= 15 is 0 Å². The summed E-state index contributed by atoms with van der Waals surface area (Å²) in [6.07, 6.45) is -54.8. The first-order valence-electron chi connectivity index (χ1n) is 16.9. The van der Waals surface area contributed by atoms with Crippen LogP contribution < -0.4 is 27.6 Å². The molecule has 0 amide bonds. The molecule has 0 saturated heterocycles. The van der Waals surface area contributed by atoms with Gasteiger partial charge in [-0.3, -0.25) is 0 Å². The van der Waals surface area contributed by atoms with E-state index in [0.29, 0.717) is 0 Å². The van der Waals surface area contributed by atoms with E-state index in [4.69, 9.17) is 0 Å². The fourth-order valence-corrected chi connectivity index (χ4v) is 6.55. The highest BCUT2D eigenvalue weighted by molar-refractivity contribution is 7.20. The van der Waals surface area contributed by atoms with Gasteiger partial charge in [0.2, 0.25) is 0 Å². The predicted octanol–water partition coefficient (Wildman–Crippen LogP) is 11.8. The summed E-state index contributed by atoms with van der Waals surface area (Å²) in [7, 11) is 0. The lowest BCUT2D eigenvalue weighted by Crippen LogP contribution is -2.75. The maximum atomic E-state index is 14.2. The molecule has 0 heterocycles. The second-order valence-electron chi connectivity index (χ2n) is 13.7. The summed E-state index contributed by atoms with van der Waals surface area (Å²) in [5.74, 6) is 0. The van der Waals surface area contributed by atoms with Crippen molar-refractivity contribution in [3.63, 3.8) is 0 Å². The van der Waals surface area contributed by atoms with Crippen LogP contribution in [0.1, 0.15) is 44.5 Å². The molecule has 0 radical (unpaired) electrons. The first-order chi connectivity index (χ1) is 28.7. The fourth-order valence-electron chi connectivity index (χ4n) is 6.55. The van der Waals surface area contributed by atoms with E-state index in [0.717, 1.165) is 5.69 Å². The van der Waals surface area contributed by atoms with Gasteiger partial charge < -0.3 is 5.73 Å². The minimum atomic E-state index is -6.13. The van der Waals surface area contributed by atoms with Gasteiger partial charge >= 0.3 is 49.4 Å². The topological polar surface area (TPSA) is 27.6 Å². The van der Waals surface area contributed by atoms with Crippen molar-refractivity contribution in [2.45, 2.75) is 49.4 Å². The largest absolute Gasteiger partial charge is 0.416 e. The Bertz CT molecular complexity index is 2010. The summed E-state index contributed by atoms with van der Waals surface area (Å²) in [6.45, 7) is 0. The summed E-state index contributed by atoms with van der Waals surface area (Å²) in [5.41, 5.74) is -25.4. The number of hydrogen-bond acceptors (Lipinski definition) is 0. The lowest BCUT2D eigenvalue weighted by Gasteiger charge is -2.46. The number of benzene rings is 5. The first kappa shape index (κ1) is 51.1. The van der Waals surface area contributed by atoms with Gasteiger partial charge in [-0.05, 0) is 36.4 Å². The highest BCUT2D eigenvalue weighted by atomic mass is 19.4. The first-order valence-corrected chi connectivity index (χ1v) is 16.9. The lowest BCUT2D eigenvalue weighted by atomic mass is 9.12. The number of halogens is 24. The highest BCUT2D eigenvalue weighted by Gasteiger charge is 2.47. The Morgan fingerprint density at radius 3 is 0.516 bits per heavy atom. The van der Waals surface area contributed by atoms with Crippen molar-refractivity contribution in [1.29, 1.82) is 0 Å². The molecule has 5 rings (SSSR count). The molecule has 1 nitrogen and oxygen atoms in total. The van der Waals surface area contributed by atoms with E-state index < -0.39 is 195 Å². The molecule has 0 aliphatic rings. The average Bonchev–Trinajstić information content (AvgIpc) is 3.12. The van der Waals surface area contributed by atoms with E-state index in [1.54, 1.807) is 0 Å². The van der Waals surface area contributed by atoms with Gasteiger partial charge in [0.25, 0.3) is 0 Å². The zero-order valence-corrected chi connectivity index (χ0v) is 30.7. The van der Waals surface area contributed by atoms with Crippen molar-refractivity contribution in [3.05, 3.63) is 148 Å². The third-order valence-corrected chi connectivity index (χ3v) is 9.28. The Morgan fingerprint density at radius 1 is 0.250 bits per heavy atom. The molecule has 348 valence electrons. The molecule has 3 N–H and O–H groups in total. The summed E-state index contributed by atoms with van der Waals surface area (Å²) in [4.78, 5) is 0. The van der Waals surface area contributed by atoms with Crippen LogP contribution in [-0.2, 0) is 49.4 Å². The van der Waals surface area contributed by atoms with E-state index in [1.165, 1.54) is 0 Å². The molecule has 0 fully saturated rings. The molecule has 26 heteroatoms. The molecule has 0 aromatic heterocycles. The molecule has 0 unspecified atom stereocenters. The van der Waals surface area contributed by atoms with Crippen LogP contribution in [0, 0.1) is 0 Å². The predicted molar refractivity (Wildman–Crippen MR) is 179 cm³/mol. The van der Waals surface area contributed by atoms with Crippen LogP contribution in [0.2, 0.25) is 0 Å². The van der Waals surface area contributed by atoms with Crippen LogP contribution in [-0.4, -0.2) is 6.15 Å². The number of alkyl halides is 24. The summed E-state index contributed by atoms with van der Waals surface area (Å²) >= 11 is 0. The Kier molecular flexibility index (Phi) is 13.4. The maximum absolute atomic E-state index is 14.2. The zero-order chi connectivity index (χ0) is 49.0. The Hall–Kier alpha value is -5.56. The molecule has 5 aromatic carbocycles. The van der Waals surface area contributed by atoms with Crippen LogP contribution in [0.15, 0.2) is 103 Å². The second kappa shape index (κ2) is 16.8. The van der Waals surface area contributed by atoms with Gasteiger partial charge in [0, 0.05) is 0 Å². The van der Waals surface area contributed by atoms with Crippen molar-refractivity contribution in [1.82, 2.24) is 0 Å². The normalized spacial score (nSPS) is 13.7. The molecule has 0 bridgehead atoms.